The van der Waals surface area contributed by atoms with Gasteiger partial charge in [0.2, 0.25) is 0 Å². The van der Waals surface area contributed by atoms with Gasteiger partial charge >= 0.3 is 7.60 Å². The van der Waals surface area contributed by atoms with E-state index in [-0.39, 0.29) is 0 Å². The molecule has 22 heavy (non-hydrogen) atoms. The lowest BCUT2D eigenvalue weighted by Crippen LogP contribution is -2.07. The largest absolute Gasteiger partial charge is 0.359 e. The minimum absolute atomic E-state index is 0.334. The highest BCUT2D eigenvalue weighted by Gasteiger charge is 2.36. The predicted octanol–water partition coefficient (Wildman–Crippen LogP) is 5.46. The van der Waals surface area contributed by atoms with Crippen molar-refractivity contribution < 1.29 is 13.6 Å². The molecule has 4 nitrogen and oxygen atoms in total. The second-order valence-electron chi connectivity index (χ2n) is 5.03. The van der Waals surface area contributed by atoms with Crippen LogP contribution in [-0.4, -0.2) is 19.4 Å². The Morgan fingerprint density at radius 2 is 1.59 bits per heavy atom. The number of hydrogen-bond donors (Lipinski definition) is 0. The molecule has 1 atom stereocenters. The van der Waals surface area contributed by atoms with Crippen molar-refractivity contribution in [2.45, 2.75) is 46.3 Å². The van der Waals surface area contributed by atoms with Gasteiger partial charge in [0.15, 0.2) is 5.78 Å². The Balaban J connectivity index is 3.18. The summed E-state index contributed by atoms with van der Waals surface area (Å²) >= 11 is 0. The Morgan fingerprint density at radius 1 is 1.05 bits per heavy atom. The summed E-state index contributed by atoms with van der Waals surface area (Å²) in [6, 6.07) is 9.59. The van der Waals surface area contributed by atoms with E-state index in [0.717, 1.165) is 18.4 Å². The Morgan fingerprint density at radius 3 is 2.05 bits per heavy atom. The van der Waals surface area contributed by atoms with Gasteiger partial charge in [-0.25, -0.2) is 0 Å². The summed E-state index contributed by atoms with van der Waals surface area (Å²) in [5.41, 5.74) is 0.856. The van der Waals surface area contributed by atoms with Crippen LogP contribution in [0.5, 0.6) is 0 Å². The van der Waals surface area contributed by atoms with Crippen LogP contribution < -0.4 is 0 Å². The number of rotatable bonds is 10. The third-order valence-corrected chi connectivity index (χ3v) is 5.77. The first kappa shape index (κ1) is 19.1. The molecule has 1 unspecified atom stereocenters. The zero-order chi connectivity index (χ0) is 16.4. The molecule has 0 bridgehead atoms. The van der Waals surface area contributed by atoms with Gasteiger partial charge in [-0.05, 0) is 38.2 Å². The van der Waals surface area contributed by atoms with Gasteiger partial charge < -0.3 is 9.05 Å². The van der Waals surface area contributed by atoms with Gasteiger partial charge in [-0.2, -0.15) is 0 Å². The van der Waals surface area contributed by atoms with Crippen LogP contribution >= 0.6 is 7.60 Å². The molecule has 0 N–H and O–H groups in total. The molecular formula is C17H28NO3P. The van der Waals surface area contributed by atoms with Gasteiger partial charge in [-0.1, -0.05) is 44.2 Å². The smallest absolute Gasteiger partial charge is 0.307 e. The van der Waals surface area contributed by atoms with Crippen molar-refractivity contribution in [3.8, 4) is 0 Å². The van der Waals surface area contributed by atoms with Crippen LogP contribution in [0, 0.1) is 5.92 Å². The van der Waals surface area contributed by atoms with Gasteiger partial charge in [-0.15, -0.1) is 0 Å². The molecule has 1 aromatic carbocycles. The van der Waals surface area contributed by atoms with Gasteiger partial charge in [0, 0.05) is 6.21 Å². The molecule has 0 saturated heterocycles. The summed E-state index contributed by atoms with van der Waals surface area (Å²) in [6.07, 6.45) is 3.92. The minimum atomic E-state index is -3.33. The molecule has 0 aromatic heterocycles. The molecule has 1 rings (SSSR count). The Kier molecular flexibility index (Phi) is 8.62. The molecule has 5 heteroatoms. The maximum atomic E-state index is 13.1. The van der Waals surface area contributed by atoms with Crippen molar-refractivity contribution in [3.63, 3.8) is 0 Å². The highest BCUT2D eigenvalue weighted by atomic mass is 31.2. The van der Waals surface area contributed by atoms with Crippen molar-refractivity contribution in [1.82, 2.24) is 0 Å². The molecule has 0 heterocycles. The topological polar surface area (TPSA) is 47.9 Å². The quantitative estimate of drug-likeness (QED) is 0.424. The van der Waals surface area contributed by atoms with Crippen molar-refractivity contribution in [2.75, 3.05) is 13.2 Å². The van der Waals surface area contributed by atoms with Gasteiger partial charge in [0.05, 0.1) is 13.2 Å². The molecule has 0 aliphatic carbocycles. The molecule has 0 radical (unpaired) electrons. The SMILES string of the molecule is CCOP(=O)(OCC)C(/N=C/C(CC)CC)c1ccccc1. The first-order valence-electron chi connectivity index (χ1n) is 8.08. The first-order chi connectivity index (χ1) is 10.6. The first-order valence-corrected chi connectivity index (χ1v) is 9.69. The Labute approximate surface area is 134 Å². The minimum Gasteiger partial charge on any atom is -0.307 e. The van der Waals surface area contributed by atoms with Crippen LogP contribution in [0.25, 0.3) is 0 Å². The molecule has 0 amide bonds. The van der Waals surface area contributed by atoms with Gasteiger partial charge in [0.25, 0.3) is 0 Å². The van der Waals surface area contributed by atoms with E-state index in [1.807, 2.05) is 50.4 Å². The number of aliphatic imine (C=N–C) groups is 1. The fourth-order valence-corrected chi connectivity index (χ4v) is 4.07. The van der Waals surface area contributed by atoms with E-state index in [0.29, 0.717) is 19.1 Å². The van der Waals surface area contributed by atoms with Crippen LogP contribution in [-0.2, 0) is 13.6 Å². The van der Waals surface area contributed by atoms with E-state index in [9.17, 15) is 4.57 Å². The van der Waals surface area contributed by atoms with Crippen molar-refractivity contribution in [3.05, 3.63) is 35.9 Å². The summed E-state index contributed by atoms with van der Waals surface area (Å²) in [5.74, 6) is -0.225. The van der Waals surface area contributed by atoms with Crippen LogP contribution in [0.2, 0.25) is 0 Å². The van der Waals surface area contributed by atoms with E-state index in [1.54, 1.807) is 0 Å². The summed E-state index contributed by atoms with van der Waals surface area (Å²) in [4.78, 5) is 4.61. The second kappa shape index (κ2) is 9.94. The zero-order valence-electron chi connectivity index (χ0n) is 14.1. The van der Waals surface area contributed by atoms with Crippen LogP contribution in [0.1, 0.15) is 51.9 Å². The molecule has 0 spiro atoms. The second-order valence-corrected chi connectivity index (χ2v) is 7.12. The van der Waals surface area contributed by atoms with Crippen molar-refractivity contribution in [2.24, 2.45) is 10.9 Å². The Bertz CT molecular complexity index is 476. The third-order valence-electron chi connectivity index (χ3n) is 3.50. The molecule has 1 aromatic rings. The van der Waals surface area contributed by atoms with E-state index < -0.39 is 13.4 Å². The van der Waals surface area contributed by atoms with Gasteiger partial charge in [-0.3, -0.25) is 9.56 Å². The van der Waals surface area contributed by atoms with E-state index in [4.69, 9.17) is 9.05 Å². The average Bonchev–Trinajstić information content (AvgIpc) is 2.53. The van der Waals surface area contributed by atoms with E-state index in [2.05, 4.69) is 18.8 Å². The van der Waals surface area contributed by atoms with Crippen LogP contribution in [0.15, 0.2) is 35.3 Å². The lowest BCUT2D eigenvalue weighted by Gasteiger charge is -2.24. The normalized spacial score (nSPS) is 13.9. The standard InChI is InChI=1S/C17H28NO3P/c1-5-15(6-2)14-18-17(16-12-10-9-11-13-16)22(19,20-7-3)21-8-4/h9-15,17H,5-8H2,1-4H3/b18-14+. The molecule has 0 aliphatic rings. The summed E-state index contributed by atoms with van der Waals surface area (Å²) in [5, 5.41) is 0. The molecule has 124 valence electrons. The summed E-state index contributed by atoms with van der Waals surface area (Å²) in [6.45, 7) is 8.56. The number of benzene rings is 1. The fourth-order valence-electron chi connectivity index (χ4n) is 2.22. The summed E-state index contributed by atoms with van der Waals surface area (Å²) < 4.78 is 24.2. The Hall–Kier alpha value is -0.960. The maximum Gasteiger partial charge on any atom is 0.359 e. The monoisotopic (exact) mass is 325 g/mol. The van der Waals surface area contributed by atoms with Crippen LogP contribution in [0.3, 0.4) is 0 Å². The molecule has 0 saturated carbocycles. The van der Waals surface area contributed by atoms with Crippen LogP contribution in [0.4, 0.5) is 0 Å². The van der Waals surface area contributed by atoms with E-state index in [1.165, 1.54) is 0 Å². The number of hydrogen-bond acceptors (Lipinski definition) is 4. The molecule has 0 aliphatic heterocycles. The van der Waals surface area contributed by atoms with Crippen molar-refractivity contribution >= 4 is 13.8 Å². The summed E-state index contributed by atoms with van der Waals surface area (Å²) in [7, 11) is -3.33. The molecule has 0 fully saturated rings. The third kappa shape index (κ3) is 5.35. The fraction of sp³-hybridized carbons (Fsp3) is 0.588. The highest BCUT2D eigenvalue weighted by Crippen LogP contribution is 2.61. The van der Waals surface area contributed by atoms with Crippen molar-refractivity contribution in [1.29, 1.82) is 0 Å². The zero-order valence-corrected chi connectivity index (χ0v) is 15.0. The highest BCUT2D eigenvalue weighted by molar-refractivity contribution is 7.54. The predicted molar refractivity (Wildman–Crippen MR) is 92.6 cm³/mol. The lowest BCUT2D eigenvalue weighted by atomic mass is 10.1. The number of nitrogens with zero attached hydrogens (tertiary/aromatic N) is 1. The molecular weight excluding hydrogens is 297 g/mol. The average molecular weight is 325 g/mol. The van der Waals surface area contributed by atoms with Gasteiger partial charge in [0.1, 0.15) is 0 Å². The van der Waals surface area contributed by atoms with E-state index >= 15 is 0 Å². The maximum absolute atomic E-state index is 13.1. The lowest BCUT2D eigenvalue weighted by molar-refractivity contribution is 0.212.